The Morgan fingerprint density at radius 2 is 0.861 bits per heavy atom. The molecular formula is C18H29Cl3O12S3. The highest BCUT2D eigenvalue weighted by molar-refractivity contribution is 7.93. The van der Waals surface area contributed by atoms with Gasteiger partial charge in [-0.1, -0.05) is 0 Å². The van der Waals surface area contributed by atoms with Crippen molar-refractivity contribution in [2.75, 3.05) is 48.1 Å². The lowest BCUT2D eigenvalue weighted by Crippen LogP contribution is -2.40. The smallest absolute Gasteiger partial charge is 0.324 e. The van der Waals surface area contributed by atoms with Crippen LogP contribution >= 0.6 is 34.8 Å². The van der Waals surface area contributed by atoms with Crippen LogP contribution in [0.25, 0.3) is 0 Å². The summed E-state index contributed by atoms with van der Waals surface area (Å²) in [5.41, 5.74) is 0. The second-order valence-electron chi connectivity index (χ2n) is 7.41. The molecule has 0 amide bonds. The van der Waals surface area contributed by atoms with E-state index in [4.69, 9.17) is 49.0 Å². The van der Waals surface area contributed by atoms with Crippen LogP contribution in [0.4, 0.5) is 0 Å². The largest absolute Gasteiger partial charge is 0.461 e. The number of carbonyl (C=O) groups is 3. The van der Waals surface area contributed by atoms with E-state index in [1.165, 1.54) is 0 Å². The van der Waals surface area contributed by atoms with Crippen molar-refractivity contribution in [2.45, 2.75) is 42.6 Å². The Bertz CT molecular complexity index is 1020. The fourth-order valence-electron chi connectivity index (χ4n) is 2.25. The normalized spacial score (nSPS) is 15.8. The van der Waals surface area contributed by atoms with Gasteiger partial charge < -0.3 is 14.2 Å². The lowest BCUT2D eigenvalue weighted by atomic mass is 10.3. The van der Waals surface area contributed by atoms with Crippen LogP contribution in [0.5, 0.6) is 0 Å². The van der Waals surface area contributed by atoms with Crippen molar-refractivity contribution in [3.05, 3.63) is 0 Å². The number of carbonyl (C=O) groups excluding carboxylic acids is 3. The van der Waals surface area contributed by atoms with Crippen LogP contribution in [-0.2, 0) is 58.1 Å². The Hall–Kier alpha value is -0.870. The Kier molecular flexibility index (Phi) is 15.1. The van der Waals surface area contributed by atoms with Crippen molar-refractivity contribution in [1.82, 2.24) is 0 Å². The second-order valence-corrected chi connectivity index (χ2v) is 15.9. The van der Waals surface area contributed by atoms with Gasteiger partial charge in [-0.2, -0.15) is 0 Å². The SMILES string of the molecule is CC(C(=O)OCC(COC(=O)C(C)S(=O)(=O)CCCl)OC(=O)C(C)S(=O)(=O)CCCl)S(=O)(=O)CCCl. The summed E-state index contributed by atoms with van der Waals surface area (Å²) in [6.07, 6.45) is -1.59. The van der Waals surface area contributed by atoms with Crippen molar-refractivity contribution >= 4 is 82.2 Å². The van der Waals surface area contributed by atoms with Crippen LogP contribution in [0, 0.1) is 0 Å². The van der Waals surface area contributed by atoms with E-state index in [1.807, 2.05) is 0 Å². The zero-order chi connectivity index (χ0) is 28.3. The quantitative estimate of drug-likeness (QED) is 0.119. The molecule has 0 aromatic rings. The van der Waals surface area contributed by atoms with Crippen LogP contribution in [0.3, 0.4) is 0 Å². The average molecular weight is 640 g/mol. The van der Waals surface area contributed by atoms with E-state index >= 15 is 0 Å². The second kappa shape index (κ2) is 15.5. The summed E-state index contributed by atoms with van der Waals surface area (Å²) < 4.78 is 87.0. The minimum absolute atomic E-state index is 0.268. The van der Waals surface area contributed by atoms with Crippen LogP contribution < -0.4 is 0 Å². The predicted octanol–water partition coefficient (Wildman–Crippen LogP) is 0.111. The van der Waals surface area contributed by atoms with E-state index in [0.29, 0.717) is 0 Å². The number of ether oxygens (including phenoxy) is 3. The van der Waals surface area contributed by atoms with Gasteiger partial charge in [0.2, 0.25) is 0 Å². The van der Waals surface area contributed by atoms with E-state index in [-0.39, 0.29) is 17.6 Å². The van der Waals surface area contributed by atoms with Gasteiger partial charge in [-0.25, -0.2) is 25.3 Å². The van der Waals surface area contributed by atoms with Gasteiger partial charge in [-0.3, -0.25) is 14.4 Å². The molecule has 0 fully saturated rings. The van der Waals surface area contributed by atoms with Gasteiger partial charge in [0.1, 0.15) is 13.2 Å². The van der Waals surface area contributed by atoms with Crippen molar-refractivity contribution in [3.8, 4) is 0 Å². The number of sulfone groups is 3. The Balaban J connectivity index is 5.58. The Morgan fingerprint density at radius 3 is 1.14 bits per heavy atom. The van der Waals surface area contributed by atoms with Gasteiger partial charge in [0, 0.05) is 17.6 Å². The maximum Gasteiger partial charge on any atom is 0.324 e. The van der Waals surface area contributed by atoms with Crippen molar-refractivity contribution in [1.29, 1.82) is 0 Å². The summed E-state index contributed by atoms with van der Waals surface area (Å²) in [6.45, 7) is 1.47. The minimum atomic E-state index is -4.00. The molecule has 0 aromatic carbocycles. The summed E-state index contributed by atoms with van der Waals surface area (Å²) in [5.74, 6) is -6.13. The van der Waals surface area contributed by atoms with E-state index in [0.717, 1.165) is 20.8 Å². The standard InChI is InChI=1S/C18H29Cl3O12S3/c1-12(34(25,26)7-4-19)16(22)31-10-15(33-18(24)14(3)36(29,30)9-6-21)11-32-17(23)13(2)35(27,28)8-5-20/h12-15H,4-11H2,1-3H3. The fraction of sp³-hybridized carbons (Fsp3) is 0.833. The summed E-state index contributed by atoms with van der Waals surface area (Å²) in [6, 6.07) is 0. The van der Waals surface area contributed by atoms with Gasteiger partial charge in [0.15, 0.2) is 51.4 Å². The van der Waals surface area contributed by atoms with E-state index in [2.05, 4.69) is 0 Å². The third kappa shape index (κ3) is 11.3. The molecule has 0 bridgehead atoms. The van der Waals surface area contributed by atoms with Crippen molar-refractivity contribution in [3.63, 3.8) is 0 Å². The van der Waals surface area contributed by atoms with Gasteiger partial charge in [0.05, 0.1) is 17.3 Å². The zero-order valence-electron chi connectivity index (χ0n) is 19.7. The number of hydrogen-bond acceptors (Lipinski definition) is 12. The van der Waals surface area contributed by atoms with E-state index < -0.39 is 99.7 Å². The lowest BCUT2D eigenvalue weighted by Gasteiger charge is -2.22. The minimum Gasteiger partial charge on any atom is -0.461 e. The maximum atomic E-state index is 12.4. The van der Waals surface area contributed by atoms with Gasteiger partial charge in [-0.05, 0) is 20.8 Å². The van der Waals surface area contributed by atoms with Crippen LogP contribution in [0.15, 0.2) is 0 Å². The highest BCUT2D eigenvalue weighted by atomic mass is 35.5. The first-order valence-corrected chi connectivity index (χ1v) is 17.1. The molecule has 212 valence electrons. The number of rotatable bonds is 17. The molecule has 0 saturated heterocycles. The first kappa shape index (κ1) is 35.1. The molecule has 0 aliphatic rings. The predicted molar refractivity (Wildman–Crippen MR) is 134 cm³/mol. The summed E-state index contributed by atoms with van der Waals surface area (Å²) in [4.78, 5) is 36.7. The highest BCUT2D eigenvalue weighted by Gasteiger charge is 2.34. The summed E-state index contributed by atoms with van der Waals surface area (Å²) in [5, 5.41) is -4.94. The zero-order valence-corrected chi connectivity index (χ0v) is 24.4. The monoisotopic (exact) mass is 638 g/mol. The first-order chi connectivity index (χ1) is 16.5. The molecule has 0 aliphatic heterocycles. The number of esters is 3. The lowest BCUT2D eigenvalue weighted by molar-refractivity contribution is -0.165. The fourth-order valence-corrected chi connectivity index (χ4v) is 6.97. The molecule has 0 rings (SSSR count). The van der Waals surface area contributed by atoms with Gasteiger partial charge >= 0.3 is 17.9 Å². The van der Waals surface area contributed by atoms with Crippen LogP contribution in [0.1, 0.15) is 20.8 Å². The molecule has 0 radical (unpaired) electrons. The summed E-state index contributed by atoms with van der Waals surface area (Å²) in [7, 11) is -11.9. The van der Waals surface area contributed by atoms with E-state index in [1.54, 1.807) is 0 Å². The molecule has 36 heavy (non-hydrogen) atoms. The molecule has 3 unspecified atom stereocenters. The first-order valence-electron chi connectivity index (χ1n) is 10.3. The molecule has 0 aromatic heterocycles. The van der Waals surface area contributed by atoms with Crippen molar-refractivity contribution < 1.29 is 53.8 Å². The third-order valence-electron chi connectivity index (χ3n) is 4.80. The molecule has 0 spiro atoms. The highest BCUT2D eigenvalue weighted by Crippen LogP contribution is 2.12. The van der Waals surface area contributed by atoms with Crippen LogP contribution in [0.2, 0.25) is 0 Å². The molecule has 3 atom stereocenters. The number of hydrogen-bond donors (Lipinski definition) is 0. The van der Waals surface area contributed by atoms with Gasteiger partial charge in [0.25, 0.3) is 0 Å². The topological polar surface area (TPSA) is 181 Å². The van der Waals surface area contributed by atoms with Crippen LogP contribution in [-0.4, -0.2) is 113 Å². The molecule has 0 heterocycles. The maximum absolute atomic E-state index is 12.4. The summed E-state index contributed by atoms with van der Waals surface area (Å²) >= 11 is 16.3. The van der Waals surface area contributed by atoms with Gasteiger partial charge in [-0.15, -0.1) is 34.8 Å². The molecule has 18 heteroatoms. The molecule has 0 aliphatic carbocycles. The molecule has 12 nitrogen and oxygen atoms in total. The molecule has 0 saturated carbocycles. The van der Waals surface area contributed by atoms with E-state index in [9.17, 15) is 39.6 Å². The number of halogens is 3. The number of alkyl halides is 3. The van der Waals surface area contributed by atoms with Crippen molar-refractivity contribution in [2.24, 2.45) is 0 Å². The third-order valence-corrected chi connectivity index (χ3v) is 12.2. The Morgan fingerprint density at radius 1 is 0.583 bits per heavy atom. The molecule has 0 N–H and O–H groups in total. The average Bonchev–Trinajstić information content (AvgIpc) is 2.78. The Labute approximate surface area is 226 Å². The molecular weight excluding hydrogens is 611 g/mol.